The van der Waals surface area contributed by atoms with Crippen molar-refractivity contribution in [1.29, 1.82) is 0 Å². The molecule has 1 aromatic carbocycles. The Balaban J connectivity index is 2.76. The van der Waals surface area contributed by atoms with Crippen LogP contribution in [0.2, 0.25) is 0 Å². The Bertz CT molecular complexity index is 323. The zero-order valence-electron chi connectivity index (χ0n) is 8.16. The summed E-state index contributed by atoms with van der Waals surface area (Å²) in [4.78, 5) is 0. The van der Waals surface area contributed by atoms with Gasteiger partial charge in [-0.05, 0) is 24.1 Å². The fourth-order valence-electron chi connectivity index (χ4n) is 1.18. The quantitative estimate of drug-likeness (QED) is 0.798. The van der Waals surface area contributed by atoms with Gasteiger partial charge in [0.05, 0.1) is 7.11 Å². The van der Waals surface area contributed by atoms with Crippen molar-refractivity contribution in [2.45, 2.75) is 6.42 Å². The summed E-state index contributed by atoms with van der Waals surface area (Å²) in [5, 5.41) is 0. The van der Waals surface area contributed by atoms with Crippen LogP contribution in [0.1, 0.15) is 5.56 Å². The molecular formula is C11H14FNO. The molecule has 76 valence electrons. The summed E-state index contributed by atoms with van der Waals surface area (Å²) in [6, 6.07) is 7.53. The molecule has 0 aliphatic rings. The third-order valence-electron chi connectivity index (χ3n) is 1.93. The molecule has 2 N–H and O–H groups in total. The van der Waals surface area contributed by atoms with Crippen molar-refractivity contribution in [3.8, 4) is 5.75 Å². The number of rotatable bonds is 4. The van der Waals surface area contributed by atoms with E-state index in [0.717, 1.165) is 11.3 Å². The summed E-state index contributed by atoms with van der Waals surface area (Å²) in [6.45, 7) is -0.0465. The molecule has 1 rings (SSSR count). The van der Waals surface area contributed by atoms with Crippen LogP contribution in [0.25, 0.3) is 0 Å². The maximum absolute atomic E-state index is 12.7. The molecule has 0 aliphatic heterocycles. The summed E-state index contributed by atoms with van der Waals surface area (Å²) in [6.07, 6.45) is 1.98. The largest absolute Gasteiger partial charge is 0.496 e. The van der Waals surface area contributed by atoms with Gasteiger partial charge >= 0.3 is 0 Å². The maximum Gasteiger partial charge on any atom is 0.122 e. The Morgan fingerprint density at radius 2 is 2.21 bits per heavy atom. The summed E-state index contributed by atoms with van der Waals surface area (Å²) in [5.41, 5.74) is 6.09. The van der Waals surface area contributed by atoms with Crippen molar-refractivity contribution in [3.63, 3.8) is 0 Å². The first-order valence-corrected chi connectivity index (χ1v) is 4.44. The molecule has 0 unspecified atom stereocenters. The van der Waals surface area contributed by atoms with Crippen LogP contribution in [-0.2, 0) is 6.42 Å². The van der Waals surface area contributed by atoms with Gasteiger partial charge in [0.1, 0.15) is 11.6 Å². The highest BCUT2D eigenvalue weighted by atomic mass is 19.1. The SMILES string of the molecule is COc1ccccc1C/C=C(/F)CN. The van der Waals surface area contributed by atoms with E-state index in [9.17, 15) is 4.39 Å². The standard InChI is InChI=1S/C11H14FNO/c1-14-11-5-3-2-4-9(11)6-7-10(12)8-13/h2-5,7H,6,8,13H2,1H3/b10-7+. The van der Waals surface area contributed by atoms with Gasteiger partial charge in [0, 0.05) is 6.54 Å². The van der Waals surface area contributed by atoms with Crippen molar-refractivity contribution in [2.24, 2.45) is 5.73 Å². The molecule has 0 spiro atoms. The average Bonchev–Trinajstić information content (AvgIpc) is 2.26. The highest BCUT2D eigenvalue weighted by Crippen LogP contribution is 2.18. The number of hydrogen-bond acceptors (Lipinski definition) is 2. The third kappa shape index (κ3) is 2.85. The van der Waals surface area contributed by atoms with Crippen molar-refractivity contribution in [1.82, 2.24) is 0 Å². The molecule has 0 aliphatic carbocycles. The second-order valence-corrected chi connectivity index (χ2v) is 2.87. The molecule has 0 fully saturated rings. The number of halogens is 1. The first-order valence-electron chi connectivity index (χ1n) is 4.44. The minimum atomic E-state index is -0.295. The molecule has 3 heteroatoms. The Labute approximate surface area is 83.2 Å². The van der Waals surface area contributed by atoms with E-state index >= 15 is 0 Å². The lowest BCUT2D eigenvalue weighted by molar-refractivity contribution is 0.410. The van der Waals surface area contributed by atoms with Gasteiger partial charge < -0.3 is 10.5 Å². The summed E-state index contributed by atoms with van der Waals surface area (Å²) in [5.74, 6) is 0.476. The number of benzene rings is 1. The van der Waals surface area contributed by atoms with E-state index in [0.29, 0.717) is 6.42 Å². The molecule has 0 amide bonds. The molecule has 0 aromatic heterocycles. The molecule has 2 nitrogen and oxygen atoms in total. The zero-order valence-corrected chi connectivity index (χ0v) is 8.16. The van der Waals surface area contributed by atoms with Crippen molar-refractivity contribution in [2.75, 3.05) is 13.7 Å². The van der Waals surface area contributed by atoms with Gasteiger partial charge in [-0.2, -0.15) is 0 Å². The van der Waals surface area contributed by atoms with Gasteiger partial charge in [0.2, 0.25) is 0 Å². The summed E-state index contributed by atoms with van der Waals surface area (Å²) in [7, 11) is 1.60. The van der Waals surface area contributed by atoms with Crippen LogP contribution in [0, 0.1) is 0 Å². The lowest BCUT2D eigenvalue weighted by Gasteiger charge is -2.05. The predicted molar refractivity (Wildman–Crippen MR) is 54.9 cm³/mol. The fraction of sp³-hybridized carbons (Fsp3) is 0.273. The van der Waals surface area contributed by atoms with Crippen LogP contribution >= 0.6 is 0 Å². The molecule has 0 atom stereocenters. The molecule has 0 radical (unpaired) electrons. The molecule has 1 aromatic rings. The Morgan fingerprint density at radius 3 is 2.86 bits per heavy atom. The van der Waals surface area contributed by atoms with E-state index in [-0.39, 0.29) is 12.4 Å². The second kappa shape index (κ2) is 5.40. The normalized spacial score (nSPS) is 11.5. The smallest absolute Gasteiger partial charge is 0.122 e. The minimum Gasteiger partial charge on any atom is -0.496 e. The van der Waals surface area contributed by atoms with E-state index < -0.39 is 0 Å². The number of nitrogens with two attached hydrogens (primary N) is 1. The van der Waals surface area contributed by atoms with Gasteiger partial charge in [-0.25, -0.2) is 4.39 Å². The van der Waals surface area contributed by atoms with Crippen LogP contribution < -0.4 is 10.5 Å². The van der Waals surface area contributed by atoms with Crippen LogP contribution in [0.5, 0.6) is 5.75 Å². The highest BCUT2D eigenvalue weighted by molar-refractivity contribution is 5.34. The lowest BCUT2D eigenvalue weighted by Crippen LogP contribution is -1.99. The molecule has 0 heterocycles. The van der Waals surface area contributed by atoms with Gasteiger partial charge in [-0.15, -0.1) is 0 Å². The number of methoxy groups -OCH3 is 1. The molecular weight excluding hydrogens is 181 g/mol. The fourth-order valence-corrected chi connectivity index (χ4v) is 1.18. The number of hydrogen-bond donors (Lipinski definition) is 1. The molecule has 0 saturated carbocycles. The molecule has 0 bridgehead atoms. The number of ether oxygens (including phenoxy) is 1. The minimum absolute atomic E-state index is 0.0465. The Morgan fingerprint density at radius 1 is 1.50 bits per heavy atom. The number of allylic oxidation sites excluding steroid dienone is 1. The van der Waals surface area contributed by atoms with Crippen molar-refractivity contribution in [3.05, 3.63) is 41.7 Å². The summed E-state index contributed by atoms with van der Waals surface area (Å²) < 4.78 is 17.9. The van der Waals surface area contributed by atoms with Gasteiger partial charge in [-0.1, -0.05) is 18.2 Å². The monoisotopic (exact) mass is 195 g/mol. The second-order valence-electron chi connectivity index (χ2n) is 2.87. The van der Waals surface area contributed by atoms with Crippen molar-refractivity contribution >= 4 is 0 Å². The topological polar surface area (TPSA) is 35.2 Å². The summed E-state index contributed by atoms with van der Waals surface area (Å²) >= 11 is 0. The molecule has 14 heavy (non-hydrogen) atoms. The first-order chi connectivity index (χ1) is 6.77. The van der Waals surface area contributed by atoms with E-state index in [1.54, 1.807) is 7.11 Å². The van der Waals surface area contributed by atoms with E-state index in [1.165, 1.54) is 6.08 Å². The Hall–Kier alpha value is -1.35. The molecule has 0 saturated heterocycles. The van der Waals surface area contributed by atoms with Crippen LogP contribution in [0.3, 0.4) is 0 Å². The van der Waals surface area contributed by atoms with Crippen LogP contribution in [-0.4, -0.2) is 13.7 Å². The van der Waals surface area contributed by atoms with Crippen LogP contribution in [0.4, 0.5) is 4.39 Å². The van der Waals surface area contributed by atoms with Gasteiger partial charge in [0.15, 0.2) is 0 Å². The van der Waals surface area contributed by atoms with Gasteiger partial charge in [-0.3, -0.25) is 0 Å². The van der Waals surface area contributed by atoms with Crippen molar-refractivity contribution < 1.29 is 9.13 Å². The van der Waals surface area contributed by atoms with E-state index in [2.05, 4.69) is 0 Å². The Kier molecular flexibility index (Phi) is 4.13. The van der Waals surface area contributed by atoms with Gasteiger partial charge in [0.25, 0.3) is 0 Å². The van der Waals surface area contributed by atoms with E-state index in [1.807, 2.05) is 24.3 Å². The lowest BCUT2D eigenvalue weighted by atomic mass is 10.1. The average molecular weight is 195 g/mol. The first kappa shape index (κ1) is 10.7. The number of para-hydroxylation sites is 1. The predicted octanol–water partition coefficient (Wildman–Crippen LogP) is 2.05. The maximum atomic E-state index is 12.7. The zero-order chi connectivity index (χ0) is 10.4. The third-order valence-corrected chi connectivity index (χ3v) is 1.93. The van der Waals surface area contributed by atoms with E-state index in [4.69, 9.17) is 10.5 Å². The van der Waals surface area contributed by atoms with Crippen LogP contribution in [0.15, 0.2) is 36.2 Å². The highest BCUT2D eigenvalue weighted by Gasteiger charge is 1.99.